The Balaban J connectivity index is 1.30. The first-order chi connectivity index (χ1) is 23.8. The molecule has 3 nitrogen and oxygen atoms in total. The molecule has 1 heterocycles. The Morgan fingerprint density at radius 2 is 0.979 bits per heavy atom. The van der Waals surface area contributed by atoms with Crippen molar-refractivity contribution in [2.45, 2.75) is 0 Å². The van der Waals surface area contributed by atoms with Gasteiger partial charge in [-0.05, 0) is 99.1 Å². The molecule has 0 spiro atoms. The Bertz CT molecular complexity index is 2480. The third-order valence-corrected chi connectivity index (χ3v) is 9.07. The first-order valence-corrected chi connectivity index (χ1v) is 16.2. The maximum atomic E-state index is 6.38. The van der Waals surface area contributed by atoms with Gasteiger partial charge in [0.25, 0.3) is 0 Å². The van der Waals surface area contributed by atoms with Gasteiger partial charge in [-0.2, -0.15) is 0 Å². The minimum Gasteiger partial charge on any atom is -0.436 e. The molecule has 0 amide bonds. The first-order valence-electron chi connectivity index (χ1n) is 16.2. The molecule has 0 N–H and O–H groups in total. The van der Waals surface area contributed by atoms with Crippen molar-refractivity contribution >= 4 is 49.7 Å². The molecule has 0 atom stereocenters. The zero-order valence-electron chi connectivity index (χ0n) is 26.1. The van der Waals surface area contributed by atoms with E-state index in [-0.39, 0.29) is 0 Å². The van der Waals surface area contributed by atoms with E-state index in [1.54, 1.807) is 0 Å². The highest BCUT2D eigenvalue weighted by Gasteiger charge is 2.19. The normalized spacial score (nSPS) is 11.3. The summed E-state index contributed by atoms with van der Waals surface area (Å²) in [6.45, 7) is 0. The third-order valence-electron chi connectivity index (χ3n) is 9.07. The van der Waals surface area contributed by atoms with Crippen molar-refractivity contribution in [2.75, 3.05) is 4.90 Å². The monoisotopic (exact) mass is 614 g/mol. The van der Waals surface area contributed by atoms with Crippen molar-refractivity contribution in [2.24, 2.45) is 0 Å². The van der Waals surface area contributed by atoms with Crippen LogP contribution < -0.4 is 4.90 Å². The Labute approximate surface area is 279 Å². The van der Waals surface area contributed by atoms with E-state index in [0.29, 0.717) is 5.89 Å². The molecule has 9 rings (SSSR count). The number of aromatic nitrogens is 1. The molecule has 0 saturated carbocycles. The van der Waals surface area contributed by atoms with E-state index >= 15 is 0 Å². The third kappa shape index (κ3) is 4.90. The quantitative estimate of drug-likeness (QED) is 0.175. The average molecular weight is 615 g/mol. The lowest BCUT2D eigenvalue weighted by Crippen LogP contribution is -2.09. The van der Waals surface area contributed by atoms with Gasteiger partial charge in [-0.25, -0.2) is 4.98 Å². The fraction of sp³-hybridized carbons (Fsp3) is 0. The second-order valence-corrected chi connectivity index (χ2v) is 12.0. The van der Waals surface area contributed by atoms with Crippen molar-refractivity contribution in [1.29, 1.82) is 0 Å². The predicted molar refractivity (Wildman–Crippen MR) is 200 cm³/mol. The van der Waals surface area contributed by atoms with Gasteiger partial charge in [-0.15, -0.1) is 0 Å². The van der Waals surface area contributed by atoms with Crippen LogP contribution >= 0.6 is 0 Å². The van der Waals surface area contributed by atoms with E-state index in [2.05, 4.69) is 157 Å². The van der Waals surface area contributed by atoms with E-state index in [9.17, 15) is 0 Å². The standard InChI is InChI=1S/C45H30N2O/c1-5-13-31(14-6-1)32-21-23-33(24-22-32)40-29-35-25-28-42-44(46-45(48-42)34-15-7-2-8-16-34)43(35)41-30-38(26-27-39(40)41)47(36-17-9-3-10-18-36)37-19-11-4-12-20-37/h1-30H. The van der Waals surface area contributed by atoms with Gasteiger partial charge in [0.2, 0.25) is 5.89 Å². The molecule has 0 bridgehead atoms. The number of hydrogen-bond acceptors (Lipinski definition) is 3. The van der Waals surface area contributed by atoms with Crippen molar-refractivity contribution in [3.05, 3.63) is 182 Å². The summed E-state index contributed by atoms with van der Waals surface area (Å²) in [5, 5.41) is 4.49. The van der Waals surface area contributed by atoms with Crippen LogP contribution in [-0.2, 0) is 0 Å². The molecule has 0 saturated heterocycles. The zero-order chi connectivity index (χ0) is 31.9. The lowest BCUT2D eigenvalue weighted by Gasteiger charge is -2.26. The summed E-state index contributed by atoms with van der Waals surface area (Å²) in [4.78, 5) is 7.43. The van der Waals surface area contributed by atoms with Crippen LogP contribution in [0.4, 0.5) is 17.1 Å². The molecule has 0 radical (unpaired) electrons. The summed E-state index contributed by atoms with van der Waals surface area (Å²) in [7, 11) is 0. The molecule has 9 aromatic rings. The molecule has 48 heavy (non-hydrogen) atoms. The number of para-hydroxylation sites is 2. The summed E-state index contributed by atoms with van der Waals surface area (Å²) in [5.74, 6) is 0.623. The number of anilines is 3. The van der Waals surface area contributed by atoms with E-state index in [1.165, 1.54) is 22.3 Å². The second-order valence-electron chi connectivity index (χ2n) is 12.0. The topological polar surface area (TPSA) is 29.3 Å². The number of oxazole rings is 1. The van der Waals surface area contributed by atoms with Crippen LogP contribution in [-0.4, -0.2) is 4.98 Å². The molecule has 226 valence electrons. The van der Waals surface area contributed by atoms with E-state index < -0.39 is 0 Å². The van der Waals surface area contributed by atoms with E-state index in [0.717, 1.165) is 55.3 Å². The molecule has 0 unspecified atom stereocenters. The van der Waals surface area contributed by atoms with Crippen molar-refractivity contribution in [3.8, 4) is 33.7 Å². The molecular formula is C45H30N2O. The molecule has 0 aliphatic rings. The summed E-state index contributed by atoms with van der Waals surface area (Å²) in [6.07, 6.45) is 0. The van der Waals surface area contributed by atoms with Crippen LogP contribution in [0.5, 0.6) is 0 Å². The highest BCUT2D eigenvalue weighted by molar-refractivity contribution is 6.22. The zero-order valence-corrected chi connectivity index (χ0v) is 26.1. The van der Waals surface area contributed by atoms with Crippen LogP contribution in [0.2, 0.25) is 0 Å². The van der Waals surface area contributed by atoms with Gasteiger partial charge in [-0.1, -0.05) is 121 Å². The summed E-state index contributed by atoms with van der Waals surface area (Å²) < 4.78 is 6.38. The Kier molecular flexibility index (Phi) is 6.80. The van der Waals surface area contributed by atoms with Gasteiger partial charge in [0.05, 0.1) is 0 Å². The molecule has 0 fully saturated rings. The minimum atomic E-state index is 0.623. The van der Waals surface area contributed by atoms with Gasteiger partial charge in [0, 0.05) is 28.0 Å². The second kappa shape index (κ2) is 11.7. The summed E-state index contributed by atoms with van der Waals surface area (Å²) in [5.41, 5.74) is 10.6. The smallest absolute Gasteiger partial charge is 0.227 e. The molecule has 3 heteroatoms. The van der Waals surface area contributed by atoms with Crippen LogP contribution in [0.3, 0.4) is 0 Å². The lowest BCUT2D eigenvalue weighted by molar-refractivity contribution is 0.620. The molecular weight excluding hydrogens is 585 g/mol. The van der Waals surface area contributed by atoms with Crippen molar-refractivity contribution < 1.29 is 4.42 Å². The van der Waals surface area contributed by atoms with Crippen LogP contribution in [0.25, 0.3) is 66.4 Å². The molecule has 1 aromatic heterocycles. The average Bonchev–Trinajstić information content (AvgIpc) is 3.61. The number of rotatable bonds is 6. The van der Waals surface area contributed by atoms with Crippen LogP contribution in [0, 0.1) is 0 Å². The maximum Gasteiger partial charge on any atom is 0.227 e. The number of hydrogen-bond donors (Lipinski definition) is 0. The van der Waals surface area contributed by atoms with E-state index in [4.69, 9.17) is 9.40 Å². The molecule has 0 aliphatic heterocycles. The van der Waals surface area contributed by atoms with E-state index in [1.807, 2.05) is 30.3 Å². The van der Waals surface area contributed by atoms with Crippen molar-refractivity contribution in [3.63, 3.8) is 0 Å². The lowest BCUT2D eigenvalue weighted by atomic mass is 9.91. The maximum absolute atomic E-state index is 6.38. The first kappa shape index (κ1) is 27.8. The van der Waals surface area contributed by atoms with Crippen LogP contribution in [0.1, 0.15) is 0 Å². The summed E-state index contributed by atoms with van der Waals surface area (Å²) in [6, 6.07) is 64.0. The Morgan fingerprint density at radius 1 is 0.417 bits per heavy atom. The SMILES string of the molecule is c1ccc(-c2ccc(-c3cc4ccc5oc(-c6ccccc6)nc5c4c4cc(N(c5ccccc5)c5ccccc5)ccc34)cc2)cc1. The summed E-state index contributed by atoms with van der Waals surface area (Å²) >= 11 is 0. The molecule has 0 aliphatic carbocycles. The fourth-order valence-electron chi connectivity index (χ4n) is 6.78. The van der Waals surface area contributed by atoms with Gasteiger partial charge in [0.15, 0.2) is 5.58 Å². The van der Waals surface area contributed by atoms with Crippen LogP contribution in [0.15, 0.2) is 186 Å². The van der Waals surface area contributed by atoms with Gasteiger partial charge >= 0.3 is 0 Å². The van der Waals surface area contributed by atoms with Crippen molar-refractivity contribution in [1.82, 2.24) is 4.98 Å². The number of nitrogens with zero attached hydrogens (tertiary/aromatic N) is 2. The largest absolute Gasteiger partial charge is 0.436 e. The van der Waals surface area contributed by atoms with Gasteiger partial charge in [-0.3, -0.25) is 0 Å². The predicted octanol–water partition coefficient (Wildman–Crippen LogP) is 12.6. The molecule has 8 aromatic carbocycles. The Morgan fingerprint density at radius 3 is 1.62 bits per heavy atom. The highest BCUT2D eigenvalue weighted by atomic mass is 16.3. The highest BCUT2D eigenvalue weighted by Crippen LogP contribution is 2.43. The van der Waals surface area contributed by atoms with Gasteiger partial charge in [0.1, 0.15) is 5.52 Å². The Hall–Kier alpha value is -6.45. The number of fused-ring (bicyclic) bond motifs is 5. The fourth-order valence-corrected chi connectivity index (χ4v) is 6.78. The van der Waals surface area contributed by atoms with Gasteiger partial charge < -0.3 is 9.32 Å². The number of benzene rings is 8. The minimum absolute atomic E-state index is 0.623.